The summed E-state index contributed by atoms with van der Waals surface area (Å²) >= 11 is 0. The number of aryl methyl sites for hydroxylation is 2. The highest BCUT2D eigenvalue weighted by Gasteiger charge is 2.48. The minimum Gasteiger partial charge on any atom is -0.354 e. The van der Waals surface area contributed by atoms with E-state index in [0.717, 1.165) is 18.7 Å². The molecule has 2 fully saturated rings. The topological polar surface area (TPSA) is 112 Å². The smallest absolute Gasteiger partial charge is 0.201 e. The van der Waals surface area contributed by atoms with Gasteiger partial charge in [0.2, 0.25) is 5.43 Å². The van der Waals surface area contributed by atoms with Crippen molar-refractivity contribution in [3.63, 3.8) is 0 Å². The molecule has 4 N–H and O–H groups in total. The Morgan fingerprint density at radius 1 is 1.44 bits per heavy atom. The molecular formula is C19H24N6O2. The molecule has 2 aromatic rings. The summed E-state index contributed by atoms with van der Waals surface area (Å²) in [5.41, 5.74) is 0.845. The van der Waals surface area contributed by atoms with Crippen LogP contribution in [0.25, 0.3) is 11.0 Å². The zero-order chi connectivity index (χ0) is 19.2. The van der Waals surface area contributed by atoms with Crippen LogP contribution in [0.4, 0.5) is 0 Å². The summed E-state index contributed by atoms with van der Waals surface area (Å²) in [4.78, 5) is 31.0. The van der Waals surface area contributed by atoms with E-state index in [2.05, 4.69) is 20.9 Å². The summed E-state index contributed by atoms with van der Waals surface area (Å²) in [5.74, 6) is -0.366. The number of Topliss-reactive ketones (excluding diaryl/α,β-unsaturated/α-hetero) is 1. The molecule has 0 radical (unpaired) electrons. The van der Waals surface area contributed by atoms with E-state index in [1.807, 2.05) is 18.4 Å². The molecule has 4 heterocycles. The molecule has 0 aliphatic carbocycles. The second kappa shape index (κ2) is 6.45. The predicted octanol–water partition coefficient (Wildman–Crippen LogP) is 0.383. The molecule has 0 amide bonds. The van der Waals surface area contributed by atoms with Crippen molar-refractivity contribution >= 4 is 22.8 Å². The molecule has 8 heteroatoms. The molecule has 1 unspecified atom stereocenters. The average Bonchev–Trinajstić information content (AvgIpc) is 3.02. The zero-order valence-electron chi connectivity index (χ0n) is 15.6. The van der Waals surface area contributed by atoms with Gasteiger partial charge in [0.05, 0.1) is 22.4 Å². The molecule has 2 atom stereocenters. The lowest BCUT2D eigenvalue weighted by atomic mass is 9.75. The second-order valence-electron chi connectivity index (χ2n) is 7.36. The van der Waals surface area contributed by atoms with Crippen molar-refractivity contribution in [3.8, 4) is 0 Å². The standard InChI is InChI=1S/C19H24N6O2/c1-3-25-9-13(15(26)12-5-4-11(2)23-17(12)25)16(27)14-8-21-7-6-19(14)10-22-18(20)24-19/h4-5,9,14,21H,3,6-8,10H2,1-2H3,(H3,20,22,24)/t14?,19-/m1/s1. The van der Waals surface area contributed by atoms with Crippen molar-refractivity contribution in [2.75, 3.05) is 19.6 Å². The van der Waals surface area contributed by atoms with Crippen LogP contribution < -0.4 is 21.4 Å². The lowest BCUT2D eigenvalue weighted by Gasteiger charge is -2.40. The molecule has 2 aliphatic rings. The number of hydrogen-bond donors (Lipinski definition) is 4. The van der Waals surface area contributed by atoms with Crippen LogP contribution >= 0.6 is 0 Å². The molecule has 8 nitrogen and oxygen atoms in total. The molecule has 2 saturated heterocycles. The highest BCUT2D eigenvalue weighted by molar-refractivity contribution is 6.01. The molecule has 0 bridgehead atoms. The number of carbonyl (C=O) groups excluding carboxylic acids is 1. The van der Waals surface area contributed by atoms with Crippen LogP contribution in [0.1, 0.15) is 29.4 Å². The van der Waals surface area contributed by atoms with E-state index in [4.69, 9.17) is 5.41 Å². The average molecular weight is 368 g/mol. The van der Waals surface area contributed by atoms with Crippen LogP contribution in [0.2, 0.25) is 0 Å². The van der Waals surface area contributed by atoms with Crippen LogP contribution in [0.3, 0.4) is 0 Å². The zero-order valence-corrected chi connectivity index (χ0v) is 15.6. The maximum atomic E-state index is 13.5. The van der Waals surface area contributed by atoms with Crippen molar-refractivity contribution in [1.29, 1.82) is 5.41 Å². The van der Waals surface area contributed by atoms with Gasteiger partial charge in [-0.25, -0.2) is 4.98 Å². The first-order chi connectivity index (χ1) is 12.9. The number of nitrogens with one attached hydrogen (secondary N) is 4. The highest BCUT2D eigenvalue weighted by Crippen LogP contribution is 2.29. The van der Waals surface area contributed by atoms with Crippen molar-refractivity contribution < 1.29 is 4.79 Å². The fraction of sp³-hybridized carbons (Fsp3) is 0.474. The van der Waals surface area contributed by atoms with Gasteiger partial charge in [-0.05, 0) is 38.9 Å². The summed E-state index contributed by atoms with van der Waals surface area (Å²) in [6.07, 6.45) is 2.37. The third kappa shape index (κ3) is 2.80. The van der Waals surface area contributed by atoms with Gasteiger partial charge in [-0.3, -0.25) is 15.0 Å². The molecule has 4 rings (SSSR count). The highest BCUT2D eigenvalue weighted by atomic mass is 16.1. The van der Waals surface area contributed by atoms with Gasteiger partial charge in [0.25, 0.3) is 0 Å². The second-order valence-corrected chi connectivity index (χ2v) is 7.36. The van der Waals surface area contributed by atoms with E-state index in [-0.39, 0.29) is 22.7 Å². The number of piperidine rings is 1. The molecule has 2 aliphatic heterocycles. The van der Waals surface area contributed by atoms with E-state index < -0.39 is 11.5 Å². The molecule has 2 aromatic heterocycles. The Bertz CT molecular complexity index is 998. The van der Waals surface area contributed by atoms with Crippen molar-refractivity contribution in [2.24, 2.45) is 5.92 Å². The van der Waals surface area contributed by atoms with Crippen LogP contribution in [-0.2, 0) is 6.54 Å². The maximum Gasteiger partial charge on any atom is 0.201 e. The number of ketones is 1. The van der Waals surface area contributed by atoms with Crippen LogP contribution in [-0.4, -0.2) is 46.5 Å². The maximum absolute atomic E-state index is 13.5. The molecule has 1 spiro atoms. The van der Waals surface area contributed by atoms with E-state index >= 15 is 0 Å². The van der Waals surface area contributed by atoms with Gasteiger partial charge in [0, 0.05) is 31.5 Å². The fourth-order valence-electron chi connectivity index (χ4n) is 4.18. The summed E-state index contributed by atoms with van der Waals surface area (Å²) in [5, 5.41) is 17.7. The number of nitrogens with zero attached hydrogens (tertiary/aromatic N) is 2. The third-order valence-corrected chi connectivity index (χ3v) is 5.70. The van der Waals surface area contributed by atoms with Gasteiger partial charge in [-0.1, -0.05) is 0 Å². The largest absolute Gasteiger partial charge is 0.354 e. The number of fused-ring (bicyclic) bond motifs is 1. The first-order valence-electron chi connectivity index (χ1n) is 9.31. The molecular weight excluding hydrogens is 344 g/mol. The van der Waals surface area contributed by atoms with E-state index in [1.54, 1.807) is 18.3 Å². The van der Waals surface area contributed by atoms with Crippen LogP contribution in [0.15, 0.2) is 23.1 Å². The van der Waals surface area contributed by atoms with Crippen molar-refractivity contribution in [2.45, 2.75) is 32.4 Å². The van der Waals surface area contributed by atoms with Crippen LogP contribution in [0, 0.1) is 18.3 Å². The first-order valence-corrected chi connectivity index (χ1v) is 9.31. The van der Waals surface area contributed by atoms with Gasteiger partial charge in [-0.15, -0.1) is 0 Å². The fourth-order valence-corrected chi connectivity index (χ4v) is 4.18. The summed E-state index contributed by atoms with van der Waals surface area (Å²) in [6, 6.07) is 3.55. The number of guanidine groups is 1. The lowest BCUT2D eigenvalue weighted by Crippen LogP contribution is -2.61. The van der Waals surface area contributed by atoms with E-state index in [0.29, 0.717) is 30.7 Å². The Morgan fingerprint density at radius 2 is 2.26 bits per heavy atom. The van der Waals surface area contributed by atoms with Crippen molar-refractivity contribution in [3.05, 3.63) is 39.8 Å². The number of aromatic nitrogens is 2. The Kier molecular flexibility index (Phi) is 4.22. The number of pyridine rings is 2. The Morgan fingerprint density at radius 3 is 2.96 bits per heavy atom. The van der Waals surface area contributed by atoms with Gasteiger partial charge in [0.15, 0.2) is 11.7 Å². The number of rotatable bonds is 3. The van der Waals surface area contributed by atoms with Crippen LogP contribution in [0.5, 0.6) is 0 Å². The molecule has 142 valence electrons. The Balaban J connectivity index is 1.83. The molecule has 27 heavy (non-hydrogen) atoms. The van der Waals surface area contributed by atoms with Crippen molar-refractivity contribution in [1.82, 2.24) is 25.5 Å². The monoisotopic (exact) mass is 368 g/mol. The first kappa shape index (κ1) is 17.7. The Hall–Kier alpha value is -2.74. The van der Waals surface area contributed by atoms with Gasteiger partial charge >= 0.3 is 0 Å². The Labute approximate surface area is 156 Å². The summed E-state index contributed by atoms with van der Waals surface area (Å²) < 4.78 is 1.86. The molecule has 0 saturated carbocycles. The van der Waals surface area contributed by atoms with Gasteiger partial charge in [0.1, 0.15) is 5.65 Å². The van der Waals surface area contributed by atoms with E-state index in [9.17, 15) is 9.59 Å². The molecule has 0 aromatic carbocycles. The normalized spacial score (nSPS) is 24.8. The van der Waals surface area contributed by atoms with Gasteiger partial charge in [-0.2, -0.15) is 0 Å². The quantitative estimate of drug-likeness (QED) is 0.583. The lowest BCUT2D eigenvalue weighted by molar-refractivity contribution is 0.0799. The summed E-state index contributed by atoms with van der Waals surface area (Å²) in [7, 11) is 0. The van der Waals surface area contributed by atoms with Gasteiger partial charge < -0.3 is 20.5 Å². The predicted molar refractivity (Wildman–Crippen MR) is 103 cm³/mol. The third-order valence-electron chi connectivity index (χ3n) is 5.70. The summed E-state index contributed by atoms with van der Waals surface area (Å²) in [6.45, 7) is 6.23. The number of carbonyl (C=O) groups is 1. The minimum absolute atomic E-state index is 0.180. The minimum atomic E-state index is -0.524. The SMILES string of the molecule is CCn1cc(C(=O)C2CNCC[C@@]23CNC(=N)N3)c(=O)c2ccc(C)nc21. The van der Waals surface area contributed by atoms with E-state index in [1.165, 1.54) is 0 Å². The number of hydrogen-bond acceptors (Lipinski definition) is 5.